The van der Waals surface area contributed by atoms with Crippen molar-refractivity contribution in [2.75, 3.05) is 0 Å². The van der Waals surface area contributed by atoms with Gasteiger partial charge < -0.3 is 0 Å². The maximum atomic E-state index is 4.10. The van der Waals surface area contributed by atoms with Gasteiger partial charge in [0.15, 0.2) is 5.65 Å². The Kier molecular flexibility index (Phi) is 1.79. The Balaban J connectivity index is 2.64. The molecular formula is C11H8BrN3. The zero-order chi connectivity index (χ0) is 10.4. The second kappa shape index (κ2) is 3.03. The number of aromatic nitrogens is 3. The Labute approximate surface area is 94.9 Å². The average Bonchev–Trinajstić information content (AvgIpc) is 2.61. The topological polar surface area (TPSA) is 30.2 Å². The Hall–Kier alpha value is -1.42. The molecule has 1 aromatic carbocycles. The molecule has 4 heteroatoms. The Morgan fingerprint density at radius 1 is 1.13 bits per heavy atom. The zero-order valence-corrected chi connectivity index (χ0v) is 9.69. The number of hydrogen-bond acceptors (Lipinski definition) is 2. The van der Waals surface area contributed by atoms with Gasteiger partial charge >= 0.3 is 0 Å². The number of nitrogens with zero attached hydrogens (tertiary/aromatic N) is 3. The van der Waals surface area contributed by atoms with Crippen molar-refractivity contribution >= 4 is 32.5 Å². The molecule has 0 spiro atoms. The van der Waals surface area contributed by atoms with Gasteiger partial charge in [0.25, 0.3) is 0 Å². The fraction of sp³-hybridized carbons (Fsp3) is 0.0909. The minimum absolute atomic E-state index is 0.887. The molecule has 74 valence electrons. The number of benzene rings is 1. The first-order valence-electron chi connectivity index (χ1n) is 4.66. The molecule has 15 heavy (non-hydrogen) atoms. The van der Waals surface area contributed by atoms with Crippen molar-refractivity contribution in [3.8, 4) is 0 Å². The van der Waals surface area contributed by atoms with E-state index in [-0.39, 0.29) is 0 Å². The van der Waals surface area contributed by atoms with Crippen LogP contribution in [0.1, 0.15) is 5.82 Å². The van der Waals surface area contributed by atoms with E-state index in [0.717, 1.165) is 21.5 Å². The van der Waals surface area contributed by atoms with Gasteiger partial charge in [0.2, 0.25) is 0 Å². The molecule has 0 saturated heterocycles. The lowest BCUT2D eigenvalue weighted by atomic mass is 10.2. The number of hydrogen-bond donors (Lipinski definition) is 0. The van der Waals surface area contributed by atoms with E-state index in [9.17, 15) is 0 Å². The van der Waals surface area contributed by atoms with Gasteiger partial charge in [-0.2, -0.15) is 0 Å². The average molecular weight is 262 g/mol. The van der Waals surface area contributed by atoms with Gasteiger partial charge in [0.05, 0.1) is 5.52 Å². The lowest BCUT2D eigenvalue weighted by Gasteiger charge is -2.03. The fourth-order valence-electron chi connectivity index (χ4n) is 1.83. The Bertz CT molecular complexity index is 657. The van der Waals surface area contributed by atoms with Crippen molar-refractivity contribution < 1.29 is 0 Å². The number of rotatable bonds is 0. The maximum absolute atomic E-state index is 4.10. The molecule has 0 fully saturated rings. The van der Waals surface area contributed by atoms with Gasteiger partial charge in [-0.15, -0.1) is 10.2 Å². The molecule has 2 aromatic heterocycles. The van der Waals surface area contributed by atoms with Gasteiger partial charge in [0.1, 0.15) is 5.82 Å². The van der Waals surface area contributed by atoms with E-state index in [0.29, 0.717) is 0 Å². The van der Waals surface area contributed by atoms with Crippen molar-refractivity contribution in [2.24, 2.45) is 0 Å². The summed E-state index contributed by atoms with van der Waals surface area (Å²) in [6.45, 7) is 1.96. The molecule has 0 saturated carbocycles. The molecule has 0 aliphatic rings. The van der Waals surface area contributed by atoms with Crippen LogP contribution in [0.3, 0.4) is 0 Å². The van der Waals surface area contributed by atoms with Gasteiger partial charge in [-0.25, -0.2) is 0 Å². The summed E-state index contributed by atoms with van der Waals surface area (Å²) in [5.74, 6) is 0.911. The van der Waals surface area contributed by atoms with Crippen LogP contribution in [-0.2, 0) is 0 Å². The highest BCUT2D eigenvalue weighted by molar-refractivity contribution is 9.10. The highest BCUT2D eigenvalue weighted by Crippen LogP contribution is 2.24. The van der Waals surface area contributed by atoms with Crippen molar-refractivity contribution in [2.45, 2.75) is 6.92 Å². The lowest BCUT2D eigenvalue weighted by molar-refractivity contribution is 1.02. The van der Waals surface area contributed by atoms with Gasteiger partial charge in [-0.05, 0) is 31.2 Å². The molecule has 0 unspecified atom stereocenters. The largest absolute Gasteiger partial charge is 0.279 e. The molecule has 0 aliphatic carbocycles. The molecule has 0 aliphatic heterocycles. The van der Waals surface area contributed by atoms with Crippen molar-refractivity contribution in [3.63, 3.8) is 0 Å². The standard InChI is InChI=1S/C11H8BrN3/c1-7-13-14-11-6-5-8-9(12)3-2-4-10(8)15(7)11/h2-6H,1H3. The van der Waals surface area contributed by atoms with Crippen LogP contribution in [-0.4, -0.2) is 14.6 Å². The highest BCUT2D eigenvalue weighted by Gasteiger charge is 2.06. The van der Waals surface area contributed by atoms with Gasteiger partial charge in [-0.1, -0.05) is 22.0 Å². The molecule has 2 heterocycles. The van der Waals surface area contributed by atoms with E-state index in [4.69, 9.17) is 0 Å². The van der Waals surface area contributed by atoms with Crippen molar-refractivity contribution in [1.82, 2.24) is 14.6 Å². The van der Waals surface area contributed by atoms with E-state index in [1.165, 1.54) is 5.39 Å². The Morgan fingerprint density at radius 2 is 2.00 bits per heavy atom. The molecule has 0 bridgehead atoms. The summed E-state index contributed by atoms with van der Waals surface area (Å²) in [4.78, 5) is 0. The number of aryl methyl sites for hydroxylation is 1. The predicted octanol–water partition coefficient (Wildman–Crippen LogP) is 2.95. The molecule has 0 N–H and O–H groups in total. The number of fused-ring (bicyclic) bond motifs is 3. The van der Waals surface area contributed by atoms with Crippen LogP contribution in [0.15, 0.2) is 34.8 Å². The zero-order valence-electron chi connectivity index (χ0n) is 8.11. The smallest absolute Gasteiger partial charge is 0.161 e. The summed E-state index contributed by atoms with van der Waals surface area (Å²) < 4.78 is 3.15. The summed E-state index contributed by atoms with van der Waals surface area (Å²) in [5.41, 5.74) is 2.02. The van der Waals surface area contributed by atoms with E-state index >= 15 is 0 Å². The molecule has 3 nitrogen and oxygen atoms in total. The van der Waals surface area contributed by atoms with Crippen molar-refractivity contribution in [3.05, 3.63) is 40.6 Å². The third-order valence-corrected chi connectivity index (χ3v) is 3.21. The summed E-state index contributed by atoms with van der Waals surface area (Å²) in [6.07, 6.45) is 0. The van der Waals surface area contributed by atoms with Crippen LogP contribution in [0.5, 0.6) is 0 Å². The Morgan fingerprint density at radius 3 is 2.87 bits per heavy atom. The quantitative estimate of drug-likeness (QED) is 0.623. The highest BCUT2D eigenvalue weighted by atomic mass is 79.9. The molecular weight excluding hydrogens is 254 g/mol. The SMILES string of the molecule is Cc1nnc2ccc3c(Br)cccc3n12. The third-order valence-electron chi connectivity index (χ3n) is 2.52. The minimum Gasteiger partial charge on any atom is -0.279 e. The first kappa shape index (κ1) is 8.85. The third kappa shape index (κ3) is 1.18. The monoisotopic (exact) mass is 261 g/mol. The van der Waals surface area contributed by atoms with E-state index in [1.54, 1.807) is 0 Å². The molecule has 3 rings (SSSR count). The summed E-state index contributed by atoms with van der Waals surface area (Å²) in [6, 6.07) is 10.2. The molecule has 0 amide bonds. The molecule has 0 atom stereocenters. The maximum Gasteiger partial charge on any atom is 0.161 e. The predicted molar refractivity (Wildman–Crippen MR) is 62.9 cm³/mol. The summed E-state index contributed by atoms with van der Waals surface area (Å²) in [5, 5.41) is 9.34. The summed E-state index contributed by atoms with van der Waals surface area (Å²) >= 11 is 3.54. The normalized spacial score (nSPS) is 11.3. The van der Waals surface area contributed by atoms with Crippen LogP contribution in [0, 0.1) is 6.92 Å². The molecule has 0 radical (unpaired) electrons. The van der Waals surface area contributed by atoms with Crippen LogP contribution in [0.4, 0.5) is 0 Å². The van der Waals surface area contributed by atoms with Gasteiger partial charge in [0, 0.05) is 9.86 Å². The van der Waals surface area contributed by atoms with Crippen LogP contribution in [0.25, 0.3) is 16.6 Å². The van der Waals surface area contributed by atoms with Gasteiger partial charge in [-0.3, -0.25) is 4.40 Å². The van der Waals surface area contributed by atoms with Crippen molar-refractivity contribution in [1.29, 1.82) is 0 Å². The fourth-order valence-corrected chi connectivity index (χ4v) is 2.32. The van der Waals surface area contributed by atoms with E-state index < -0.39 is 0 Å². The first-order chi connectivity index (χ1) is 7.27. The first-order valence-corrected chi connectivity index (χ1v) is 5.45. The number of halogens is 1. The lowest BCUT2D eigenvalue weighted by Crippen LogP contribution is -1.90. The molecule has 3 aromatic rings. The minimum atomic E-state index is 0.887. The second-order valence-electron chi connectivity index (χ2n) is 3.45. The van der Waals surface area contributed by atoms with Crippen LogP contribution in [0.2, 0.25) is 0 Å². The van der Waals surface area contributed by atoms with E-state index in [1.807, 2.05) is 25.1 Å². The van der Waals surface area contributed by atoms with Crippen LogP contribution >= 0.6 is 15.9 Å². The van der Waals surface area contributed by atoms with E-state index in [2.05, 4.69) is 42.7 Å². The second-order valence-corrected chi connectivity index (χ2v) is 4.30. The summed E-state index contributed by atoms with van der Waals surface area (Å²) in [7, 11) is 0. The number of pyridine rings is 1. The van der Waals surface area contributed by atoms with Crippen LogP contribution < -0.4 is 0 Å².